The van der Waals surface area contributed by atoms with E-state index >= 15 is 0 Å². The number of anilines is 1. The minimum atomic E-state index is -0.152. The van der Waals surface area contributed by atoms with Crippen LogP contribution in [0.3, 0.4) is 0 Å². The Morgan fingerprint density at radius 2 is 2.29 bits per heavy atom. The van der Waals surface area contributed by atoms with Crippen LogP contribution in [0, 0.1) is 11.8 Å². The average molecular weight is 232 g/mol. The van der Waals surface area contributed by atoms with Gasteiger partial charge in [0, 0.05) is 18.5 Å². The van der Waals surface area contributed by atoms with Crippen LogP contribution in [-0.4, -0.2) is 19.6 Å². The van der Waals surface area contributed by atoms with Crippen molar-refractivity contribution in [2.24, 2.45) is 0 Å². The third kappa shape index (κ3) is 3.72. The fraction of sp³-hybridized carbons (Fsp3) is 0.308. The van der Waals surface area contributed by atoms with Gasteiger partial charge in [-0.3, -0.25) is 4.79 Å². The van der Waals surface area contributed by atoms with Gasteiger partial charge in [-0.15, -0.1) is 11.8 Å². The smallest absolute Gasteiger partial charge is 0.251 e. The van der Waals surface area contributed by atoms with Crippen LogP contribution in [0.2, 0.25) is 0 Å². The lowest BCUT2D eigenvalue weighted by molar-refractivity contribution is 0.0954. The Labute approximate surface area is 101 Å². The molecule has 4 heteroatoms. The SMILES string of the molecule is CC#CCCNC(=O)c1ccc(N)c(OC)c1. The van der Waals surface area contributed by atoms with E-state index in [1.807, 2.05) is 0 Å². The van der Waals surface area contributed by atoms with Crippen LogP contribution >= 0.6 is 0 Å². The topological polar surface area (TPSA) is 64.4 Å². The molecule has 0 aliphatic rings. The first-order valence-corrected chi connectivity index (χ1v) is 5.30. The molecular formula is C13H16N2O2. The molecule has 4 nitrogen and oxygen atoms in total. The van der Waals surface area contributed by atoms with Gasteiger partial charge in [-0.05, 0) is 25.1 Å². The van der Waals surface area contributed by atoms with E-state index in [-0.39, 0.29) is 5.91 Å². The molecule has 1 rings (SSSR count). The number of carbonyl (C=O) groups is 1. The highest BCUT2D eigenvalue weighted by Gasteiger charge is 2.07. The molecule has 0 radical (unpaired) electrons. The number of hydrogen-bond acceptors (Lipinski definition) is 3. The van der Waals surface area contributed by atoms with Crippen LogP contribution in [0.4, 0.5) is 5.69 Å². The van der Waals surface area contributed by atoms with Gasteiger partial charge in [0.2, 0.25) is 0 Å². The van der Waals surface area contributed by atoms with E-state index < -0.39 is 0 Å². The molecule has 0 saturated carbocycles. The monoisotopic (exact) mass is 232 g/mol. The normalized spacial score (nSPS) is 9.06. The summed E-state index contributed by atoms with van der Waals surface area (Å²) in [7, 11) is 1.52. The van der Waals surface area contributed by atoms with Crippen molar-refractivity contribution < 1.29 is 9.53 Å². The maximum atomic E-state index is 11.7. The van der Waals surface area contributed by atoms with Crippen molar-refractivity contribution in [3.05, 3.63) is 23.8 Å². The summed E-state index contributed by atoms with van der Waals surface area (Å²) in [6.45, 7) is 2.30. The number of nitrogen functional groups attached to an aromatic ring is 1. The van der Waals surface area contributed by atoms with Gasteiger partial charge >= 0.3 is 0 Å². The number of carbonyl (C=O) groups excluding carboxylic acids is 1. The van der Waals surface area contributed by atoms with Gasteiger partial charge < -0.3 is 15.8 Å². The van der Waals surface area contributed by atoms with Crippen molar-refractivity contribution in [3.63, 3.8) is 0 Å². The summed E-state index contributed by atoms with van der Waals surface area (Å²) in [4.78, 5) is 11.7. The summed E-state index contributed by atoms with van der Waals surface area (Å²) < 4.78 is 5.05. The molecule has 0 bridgehead atoms. The zero-order valence-corrected chi connectivity index (χ0v) is 10.0. The summed E-state index contributed by atoms with van der Waals surface area (Å²) >= 11 is 0. The third-order valence-electron chi connectivity index (χ3n) is 2.21. The molecule has 0 saturated heterocycles. The van der Waals surface area contributed by atoms with E-state index in [1.165, 1.54) is 7.11 Å². The highest BCUT2D eigenvalue weighted by molar-refractivity contribution is 5.95. The van der Waals surface area contributed by atoms with Crippen molar-refractivity contribution >= 4 is 11.6 Å². The second kappa shape index (κ2) is 6.44. The summed E-state index contributed by atoms with van der Waals surface area (Å²) in [5.41, 5.74) is 6.71. The predicted octanol–water partition coefficient (Wildman–Crippen LogP) is 1.42. The molecule has 0 spiro atoms. The van der Waals surface area contributed by atoms with E-state index in [1.54, 1.807) is 25.1 Å². The number of benzene rings is 1. The maximum absolute atomic E-state index is 11.7. The lowest BCUT2D eigenvalue weighted by atomic mass is 10.2. The van der Waals surface area contributed by atoms with Crippen molar-refractivity contribution in [1.82, 2.24) is 5.32 Å². The molecule has 3 N–H and O–H groups in total. The second-order valence-electron chi connectivity index (χ2n) is 3.39. The van der Waals surface area contributed by atoms with Crippen molar-refractivity contribution in [1.29, 1.82) is 0 Å². The van der Waals surface area contributed by atoms with Crippen LogP contribution in [0.5, 0.6) is 5.75 Å². The first-order chi connectivity index (χ1) is 8.19. The molecule has 0 aliphatic carbocycles. The van der Waals surface area contributed by atoms with Crippen LogP contribution in [-0.2, 0) is 0 Å². The zero-order valence-electron chi connectivity index (χ0n) is 10.0. The van der Waals surface area contributed by atoms with Gasteiger partial charge in [0.25, 0.3) is 5.91 Å². The molecule has 0 heterocycles. The van der Waals surface area contributed by atoms with Crippen LogP contribution in [0.25, 0.3) is 0 Å². The highest BCUT2D eigenvalue weighted by Crippen LogP contribution is 2.21. The van der Waals surface area contributed by atoms with E-state index in [2.05, 4.69) is 17.2 Å². The standard InChI is InChI=1S/C13H16N2O2/c1-3-4-5-8-15-13(16)10-6-7-11(14)12(9-10)17-2/h6-7,9H,5,8,14H2,1-2H3,(H,15,16). The molecule has 0 aliphatic heterocycles. The number of methoxy groups -OCH3 is 1. The second-order valence-corrected chi connectivity index (χ2v) is 3.39. The molecule has 0 aromatic heterocycles. The molecule has 0 unspecified atom stereocenters. The summed E-state index contributed by atoms with van der Waals surface area (Å²) in [6, 6.07) is 4.94. The van der Waals surface area contributed by atoms with E-state index in [0.717, 1.165) is 0 Å². The Kier molecular flexibility index (Phi) is 4.89. The average Bonchev–Trinajstić information content (AvgIpc) is 2.35. The van der Waals surface area contributed by atoms with Crippen molar-refractivity contribution in [2.75, 3.05) is 19.4 Å². The van der Waals surface area contributed by atoms with Gasteiger partial charge in [-0.1, -0.05) is 0 Å². The molecule has 90 valence electrons. The van der Waals surface area contributed by atoms with Gasteiger partial charge in [-0.2, -0.15) is 0 Å². The Bertz CT molecular complexity index is 458. The number of amides is 1. The van der Waals surface area contributed by atoms with E-state index in [0.29, 0.717) is 30.0 Å². The molecule has 1 aromatic carbocycles. The highest BCUT2D eigenvalue weighted by atomic mass is 16.5. The Morgan fingerprint density at radius 1 is 1.53 bits per heavy atom. The molecule has 1 aromatic rings. The van der Waals surface area contributed by atoms with Crippen LogP contribution in [0.1, 0.15) is 23.7 Å². The van der Waals surface area contributed by atoms with Crippen LogP contribution in [0.15, 0.2) is 18.2 Å². The predicted molar refractivity (Wildman–Crippen MR) is 67.8 cm³/mol. The van der Waals surface area contributed by atoms with Gasteiger partial charge in [0.05, 0.1) is 12.8 Å². The summed E-state index contributed by atoms with van der Waals surface area (Å²) in [6.07, 6.45) is 0.647. The largest absolute Gasteiger partial charge is 0.495 e. The van der Waals surface area contributed by atoms with E-state index in [9.17, 15) is 4.79 Å². The van der Waals surface area contributed by atoms with Gasteiger partial charge in [0.1, 0.15) is 5.75 Å². The zero-order chi connectivity index (χ0) is 12.7. The lowest BCUT2D eigenvalue weighted by Crippen LogP contribution is -2.24. The fourth-order valence-corrected chi connectivity index (χ4v) is 1.32. The molecule has 1 amide bonds. The van der Waals surface area contributed by atoms with Crippen molar-refractivity contribution in [3.8, 4) is 17.6 Å². The number of nitrogens with two attached hydrogens (primary N) is 1. The number of ether oxygens (including phenoxy) is 1. The minimum Gasteiger partial charge on any atom is -0.495 e. The Balaban J connectivity index is 2.64. The molecular weight excluding hydrogens is 216 g/mol. The van der Waals surface area contributed by atoms with Gasteiger partial charge in [-0.25, -0.2) is 0 Å². The van der Waals surface area contributed by atoms with Crippen LogP contribution < -0.4 is 15.8 Å². The number of hydrogen-bond donors (Lipinski definition) is 2. The van der Waals surface area contributed by atoms with E-state index in [4.69, 9.17) is 10.5 Å². The first-order valence-electron chi connectivity index (χ1n) is 5.30. The summed E-state index contributed by atoms with van der Waals surface area (Å²) in [5, 5.41) is 2.77. The maximum Gasteiger partial charge on any atom is 0.251 e. The quantitative estimate of drug-likeness (QED) is 0.469. The summed E-state index contributed by atoms with van der Waals surface area (Å²) in [5.74, 6) is 6.00. The Hall–Kier alpha value is -2.15. The molecule has 0 fully saturated rings. The third-order valence-corrected chi connectivity index (χ3v) is 2.21. The lowest BCUT2D eigenvalue weighted by Gasteiger charge is -2.07. The van der Waals surface area contributed by atoms with Gasteiger partial charge in [0.15, 0.2) is 0 Å². The minimum absolute atomic E-state index is 0.152. The number of rotatable bonds is 4. The Morgan fingerprint density at radius 3 is 2.94 bits per heavy atom. The molecule has 17 heavy (non-hydrogen) atoms. The molecule has 0 atom stereocenters. The number of nitrogens with one attached hydrogen (secondary N) is 1. The van der Waals surface area contributed by atoms with Crippen molar-refractivity contribution in [2.45, 2.75) is 13.3 Å². The fourth-order valence-electron chi connectivity index (χ4n) is 1.32. The first kappa shape index (κ1) is 12.9.